The molecule has 4 nitrogen and oxygen atoms in total. The quantitative estimate of drug-likeness (QED) is 0.781. The van der Waals surface area contributed by atoms with Crippen molar-refractivity contribution in [3.05, 3.63) is 24.2 Å². The van der Waals surface area contributed by atoms with Gasteiger partial charge in [-0.25, -0.2) is 0 Å². The molecule has 1 N–H and O–H groups in total. The van der Waals surface area contributed by atoms with Crippen molar-refractivity contribution in [2.24, 2.45) is 0 Å². The molecule has 0 saturated carbocycles. The van der Waals surface area contributed by atoms with Crippen molar-refractivity contribution in [3.63, 3.8) is 0 Å². The zero-order chi connectivity index (χ0) is 10.6. The number of hydrogen-bond acceptors (Lipinski definition) is 3. The monoisotopic (exact) mass is 197 g/mol. The average Bonchev–Trinajstić information content (AvgIpc) is 2.57. The van der Waals surface area contributed by atoms with Gasteiger partial charge < -0.3 is 9.52 Å². The van der Waals surface area contributed by atoms with Gasteiger partial charge in [0.25, 0.3) is 0 Å². The zero-order valence-corrected chi connectivity index (χ0v) is 8.43. The van der Waals surface area contributed by atoms with Gasteiger partial charge in [0.1, 0.15) is 5.76 Å². The molecular weight excluding hydrogens is 182 g/mol. The largest absolute Gasteiger partial charge is 0.480 e. The van der Waals surface area contributed by atoms with E-state index in [0.29, 0.717) is 0 Å². The van der Waals surface area contributed by atoms with Gasteiger partial charge >= 0.3 is 5.97 Å². The van der Waals surface area contributed by atoms with Crippen LogP contribution in [0.2, 0.25) is 0 Å². The molecule has 14 heavy (non-hydrogen) atoms. The lowest BCUT2D eigenvalue weighted by atomic mass is 10.1. The van der Waals surface area contributed by atoms with Crippen molar-refractivity contribution in [2.45, 2.75) is 19.4 Å². The van der Waals surface area contributed by atoms with E-state index >= 15 is 0 Å². The molecule has 1 atom stereocenters. The van der Waals surface area contributed by atoms with Crippen molar-refractivity contribution >= 4 is 5.97 Å². The predicted molar refractivity (Wildman–Crippen MR) is 52.0 cm³/mol. The summed E-state index contributed by atoms with van der Waals surface area (Å²) in [5.74, 6) is -0.00578. The number of carboxylic acids is 1. The van der Waals surface area contributed by atoms with Gasteiger partial charge in [-0.3, -0.25) is 9.69 Å². The minimum absolute atomic E-state index is 0.0270. The maximum absolute atomic E-state index is 10.5. The third kappa shape index (κ3) is 2.60. The lowest BCUT2D eigenvalue weighted by Crippen LogP contribution is -2.29. The molecule has 1 rings (SSSR count). The number of furan rings is 1. The van der Waals surface area contributed by atoms with Gasteiger partial charge in [-0.1, -0.05) is 6.92 Å². The second kappa shape index (κ2) is 4.81. The molecule has 0 spiro atoms. The van der Waals surface area contributed by atoms with Crippen molar-refractivity contribution in [1.82, 2.24) is 4.90 Å². The Kier molecular flexibility index (Phi) is 3.71. The molecule has 1 aromatic heterocycles. The molecule has 0 aromatic carbocycles. The van der Waals surface area contributed by atoms with Crippen molar-refractivity contribution < 1.29 is 14.3 Å². The molecule has 0 amide bonds. The third-order valence-corrected chi connectivity index (χ3v) is 2.18. The Morgan fingerprint density at radius 1 is 1.71 bits per heavy atom. The maximum atomic E-state index is 10.5. The number of aliphatic carboxylic acids is 1. The molecule has 1 aromatic rings. The Morgan fingerprint density at radius 3 is 2.86 bits per heavy atom. The van der Waals surface area contributed by atoms with E-state index in [4.69, 9.17) is 9.52 Å². The zero-order valence-electron chi connectivity index (χ0n) is 8.43. The summed E-state index contributed by atoms with van der Waals surface area (Å²) in [6, 6.07) is 3.72. The topological polar surface area (TPSA) is 53.7 Å². The predicted octanol–water partition coefficient (Wildman–Crippen LogP) is 1.75. The fourth-order valence-electron chi connectivity index (χ4n) is 1.53. The molecule has 0 bridgehead atoms. The Labute approximate surface area is 83.1 Å². The first-order chi connectivity index (χ1) is 6.65. The summed E-state index contributed by atoms with van der Waals surface area (Å²) in [4.78, 5) is 12.3. The van der Waals surface area contributed by atoms with Crippen LogP contribution in [0, 0.1) is 0 Å². The van der Waals surface area contributed by atoms with Crippen LogP contribution < -0.4 is 0 Å². The first kappa shape index (κ1) is 10.8. The highest BCUT2D eigenvalue weighted by Gasteiger charge is 2.19. The van der Waals surface area contributed by atoms with Gasteiger partial charge in [-0.05, 0) is 25.6 Å². The molecule has 78 valence electrons. The van der Waals surface area contributed by atoms with E-state index in [0.717, 1.165) is 12.2 Å². The molecule has 0 aliphatic rings. The van der Waals surface area contributed by atoms with Gasteiger partial charge in [0, 0.05) is 0 Å². The number of nitrogens with zero attached hydrogens (tertiary/aromatic N) is 1. The summed E-state index contributed by atoms with van der Waals surface area (Å²) < 4.78 is 5.25. The fourth-order valence-corrected chi connectivity index (χ4v) is 1.53. The summed E-state index contributed by atoms with van der Waals surface area (Å²) in [6.45, 7) is 2.03. The number of likely N-dealkylation sites (N-methyl/N-ethyl adjacent to an activating group) is 1. The molecule has 0 fully saturated rings. The van der Waals surface area contributed by atoms with Gasteiger partial charge in [0.05, 0.1) is 18.8 Å². The van der Waals surface area contributed by atoms with E-state index in [1.807, 2.05) is 19.1 Å². The maximum Gasteiger partial charge on any atom is 0.317 e. The highest BCUT2D eigenvalue weighted by Crippen LogP contribution is 2.22. The molecule has 4 heteroatoms. The van der Waals surface area contributed by atoms with Crippen LogP contribution in [-0.4, -0.2) is 29.6 Å². The summed E-state index contributed by atoms with van der Waals surface area (Å²) in [6.07, 6.45) is 2.43. The standard InChI is InChI=1S/C10H15NO3/c1-3-8(9-5-4-6-14-9)11(2)7-10(12)13/h4-6,8H,3,7H2,1-2H3,(H,12,13). The summed E-state index contributed by atoms with van der Waals surface area (Å²) in [7, 11) is 1.78. The second-order valence-corrected chi connectivity index (χ2v) is 3.25. The first-order valence-electron chi connectivity index (χ1n) is 4.60. The van der Waals surface area contributed by atoms with Gasteiger partial charge in [-0.15, -0.1) is 0 Å². The number of carbonyl (C=O) groups is 1. The molecular formula is C10H15NO3. The second-order valence-electron chi connectivity index (χ2n) is 3.25. The van der Waals surface area contributed by atoms with Crippen molar-refractivity contribution in [1.29, 1.82) is 0 Å². The fraction of sp³-hybridized carbons (Fsp3) is 0.500. The van der Waals surface area contributed by atoms with Gasteiger partial charge in [-0.2, -0.15) is 0 Å². The van der Waals surface area contributed by atoms with E-state index in [9.17, 15) is 4.79 Å². The van der Waals surface area contributed by atoms with E-state index in [2.05, 4.69) is 0 Å². The summed E-state index contributed by atoms with van der Waals surface area (Å²) in [5.41, 5.74) is 0. The first-order valence-corrected chi connectivity index (χ1v) is 4.60. The van der Waals surface area contributed by atoms with Crippen molar-refractivity contribution in [2.75, 3.05) is 13.6 Å². The van der Waals surface area contributed by atoms with Crippen molar-refractivity contribution in [3.8, 4) is 0 Å². The van der Waals surface area contributed by atoms with Crippen LogP contribution in [0.25, 0.3) is 0 Å². The number of carboxylic acid groups (broad SMARTS) is 1. The summed E-state index contributed by atoms with van der Waals surface area (Å²) >= 11 is 0. The minimum Gasteiger partial charge on any atom is -0.480 e. The van der Waals surface area contributed by atoms with E-state index in [-0.39, 0.29) is 12.6 Å². The van der Waals surface area contributed by atoms with Gasteiger partial charge in [0.2, 0.25) is 0 Å². The van der Waals surface area contributed by atoms with Crippen LogP contribution in [0.1, 0.15) is 25.1 Å². The average molecular weight is 197 g/mol. The highest BCUT2D eigenvalue weighted by atomic mass is 16.4. The van der Waals surface area contributed by atoms with E-state index in [1.54, 1.807) is 18.2 Å². The Bertz CT molecular complexity index is 282. The highest BCUT2D eigenvalue weighted by molar-refractivity contribution is 5.69. The summed E-state index contributed by atoms with van der Waals surface area (Å²) in [5, 5.41) is 8.65. The normalized spacial score (nSPS) is 13.1. The lowest BCUT2D eigenvalue weighted by molar-refractivity contribution is -0.138. The minimum atomic E-state index is -0.822. The van der Waals surface area contributed by atoms with Crippen LogP contribution in [0.3, 0.4) is 0 Å². The van der Waals surface area contributed by atoms with Gasteiger partial charge in [0.15, 0.2) is 0 Å². The Hall–Kier alpha value is -1.29. The smallest absolute Gasteiger partial charge is 0.317 e. The molecule has 0 aliphatic heterocycles. The van der Waals surface area contributed by atoms with E-state index < -0.39 is 5.97 Å². The Morgan fingerprint density at radius 2 is 2.43 bits per heavy atom. The molecule has 0 aliphatic carbocycles. The Balaban J connectivity index is 2.67. The van der Waals surface area contributed by atoms with E-state index in [1.165, 1.54) is 0 Å². The number of hydrogen-bond donors (Lipinski definition) is 1. The van der Waals surface area contributed by atoms with Crippen LogP contribution in [0.5, 0.6) is 0 Å². The van der Waals surface area contributed by atoms with Crippen LogP contribution in [0.4, 0.5) is 0 Å². The molecule has 1 unspecified atom stereocenters. The molecule has 1 heterocycles. The molecule has 0 saturated heterocycles. The van der Waals surface area contributed by atoms with Crippen LogP contribution >= 0.6 is 0 Å². The third-order valence-electron chi connectivity index (χ3n) is 2.18. The number of rotatable bonds is 5. The molecule has 0 radical (unpaired) electrons. The lowest BCUT2D eigenvalue weighted by Gasteiger charge is -2.23. The SMILES string of the molecule is CCC(c1ccco1)N(C)CC(=O)O. The van der Waals surface area contributed by atoms with Crippen LogP contribution in [0.15, 0.2) is 22.8 Å². The van der Waals surface area contributed by atoms with Crippen LogP contribution in [-0.2, 0) is 4.79 Å².